The van der Waals surface area contributed by atoms with Gasteiger partial charge in [-0.15, -0.1) is 0 Å². The lowest BCUT2D eigenvalue weighted by Crippen LogP contribution is -2.33. The number of allylic oxidation sites excluding steroid dienone is 3. The minimum Gasteiger partial charge on any atom is -0.456 e. The lowest BCUT2D eigenvalue weighted by molar-refractivity contribution is 0.667. The van der Waals surface area contributed by atoms with Crippen molar-refractivity contribution in [3.8, 4) is 44.5 Å². The molecule has 5 heteroatoms. The van der Waals surface area contributed by atoms with Crippen molar-refractivity contribution in [2.75, 3.05) is 0 Å². The van der Waals surface area contributed by atoms with Crippen LogP contribution in [0.15, 0.2) is 305 Å². The summed E-state index contributed by atoms with van der Waals surface area (Å²) < 4.78 is 8.96. The van der Waals surface area contributed by atoms with E-state index in [-0.39, 0.29) is 0 Å². The fraction of sp³-hybridized carbons (Fsp3) is 0.0400. The number of nitrogens with zero attached hydrogens (tertiary/aromatic N) is 3. The Labute approximate surface area is 465 Å². The first-order valence-electron chi connectivity index (χ1n) is 27.4. The van der Waals surface area contributed by atoms with Crippen molar-refractivity contribution in [3.05, 3.63) is 313 Å². The molecule has 380 valence electrons. The monoisotopic (exact) mass is 1030 g/mol. The summed E-state index contributed by atoms with van der Waals surface area (Å²) in [6, 6.07) is 99.8. The molecule has 14 rings (SSSR count). The van der Waals surface area contributed by atoms with Crippen molar-refractivity contribution in [1.82, 2.24) is 9.88 Å². The lowest BCUT2D eigenvalue weighted by atomic mass is 9.94. The molecule has 1 N–H and O–H groups in total. The molecular formula is C75H54N4O. The van der Waals surface area contributed by atoms with E-state index in [1.807, 2.05) is 18.2 Å². The van der Waals surface area contributed by atoms with Gasteiger partial charge in [-0.25, -0.2) is 9.98 Å². The maximum absolute atomic E-state index is 6.43. The molecule has 0 saturated heterocycles. The Kier molecular flexibility index (Phi) is 12.5. The van der Waals surface area contributed by atoms with Crippen LogP contribution < -0.4 is 5.32 Å². The fourth-order valence-electron chi connectivity index (χ4n) is 11.4. The molecule has 1 atom stereocenters. The summed E-state index contributed by atoms with van der Waals surface area (Å²) in [7, 11) is 0. The van der Waals surface area contributed by atoms with Crippen molar-refractivity contribution in [2.24, 2.45) is 9.98 Å². The number of para-hydroxylation sites is 1. The second kappa shape index (κ2) is 20.9. The van der Waals surface area contributed by atoms with Gasteiger partial charge >= 0.3 is 0 Å². The third kappa shape index (κ3) is 9.31. The third-order valence-electron chi connectivity index (χ3n) is 15.5. The molecule has 80 heavy (non-hydrogen) atoms. The van der Waals surface area contributed by atoms with E-state index in [9.17, 15) is 0 Å². The summed E-state index contributed by atoms with van der Waals surface area (Å²) in [4.78, 5) is 10.7. The zero-order chi connectivity index (χ0) is 53.4. The van der Waals surface area contributed by atoms with Gasteiger partial charge < -0.3 is 14.3 Å². The Morgan fingerprint density at radius 2 is 0.900 bits per heavy atom. The molecule has 0 aliphatic carbocycles. The van der Waals surface area contributed by atoms with Crippen LogP contribution >= 0.6 is 0 Å². The van der Waals surface area contributed by atoms with Gasteiger partial charge in [0, 0.05) is 44.8 Å². The molecule has 0 fully saturated rings. The first kappa shape index (κ1) is 48.0. The molecule has 3 heterocycles. The van der Waals surface area contributed by atoms with E-state index in [1.165, 1.54) is 55.3 Å². The molecule has 1 unspecified atom stereocenters. The first-order valence-corrected chi connectivity index (χ1v) is 27.4. The fourth-order valence-corrected chi connectivity index (χ4v) is 11.4. The standard InChI is InChI=1S/C75H54N4O/c1-50(73-76-74(59-27-15-6-16-28-59)78-75(77-73)62-39-42-64-63-29-17-18-30-71(63)80-72(64)49-62)45-65(58-37-35-57(36-38-58)53-21-9-3-10-22-53)70(46-51-31-33-56(34-32-51)52-19-7-2-8-20-52)79-68-43-40-60(54-23-11-4-12-24-54)47-66(68)67-48-61(41-44-69(67)79)55-25-13-5-14-26-55/h2-45,47-49,74H,46H2,1H3,(H,76,77,78)/b50-45+,70-65-. The van der Waals surface area contributed by atoms with Crippen molar-refractivity contribution in [2.45, 2.75) is 19.5 Å². The molecule has 2 aromatic heterocycles. The maximum atomic E-state index is 6.43. The number of benzene rings is 11. The van der Waals surface area contributed by atoms with E-state index < -0.39 is 6.17 Å². The van der Waals surface area contributed by atoms with Crippen molar-refractivity contribution >= 4 is 66.7 Å². The van der Waals surface area contributed by atoms with E-state index in [4.69, 9.17) is 14.4 Å². The summed E-state index contributed by atoms with van der Waals surface area (Å²) in [5.41, 5.74) is 20.6. The summed E-state index contributed by atoms with van der Waals surface area (Å²) in [5, 5.41) is 8.32. The largest absolute Gasteiger partial charge is 0.456 e. The highest BCUT2D eigenvalue weighted by Gasteiger charge is 2.25. The quantitative estimate of drug-likeness (QED) is 0.124. The molecule has 0 saturated carbocycles. The second-order valence-electron chi connectivity index (χ2n) is 20.6. The number of rotatable bonds is 12. The van der Waals surface area contributed by atoms with Gasteiger partial charge in [-0.1, -0.05) is 237 Å². The Morgan fingerprint density at radius 3 is 1.48 bits per heavy atom. The highest BCUT2D eigenvalue weighted by molar-refractivity contribution is 6.17. The lowest BCUT2D eigenvalue weighted by Gasteiger charge is -2.24. The SMILES string of the molecule is C/C(=C\C(=C(/Cc1ccc(-c2ccccc2)cc1)n1c2ccc(-c3ccccc3)cc2c2cc(-c3ccccc3)ccc21)c1ccc(-c2ccccc2)cc1)C1=NC(c2ccc3c(c2)oc2ccccc23)=NC(c2ccccc2)N1. The Hall–Kier alpha value is -10.4. The number of fused-ring (bicyclic) bond motifs is 6. The van der Waals surface area contributed by atoms with Crippen LogP contribution in [0.25, 0.3) is 99.5 Å². The topological polar surface area (TPSA) is 54.8 Å². The van der Waals surface area contributed by atoms with Gasteiger partial charge in [0.1, 0.15) is 23.2 Å². The summed E-state index contributed by atoms with van der Waals surface area (Å²) >= 11 is 0. The molecule has 0 spiro atoms. The maximum Gasteiger partial charge on any atom is 0.159 e. The van der Waals surface area contributed by atoms with Crippen LogP contribution in [0.5, 0.6) is 0 Å². The number of aliphatic imine (C=N–C) groups is 2. The summed E-state index contributed by atoms with van der Waals surface area (Å²) in [6.45, 7) is 2.17. The molecule has 0 amide bonds. The first-order chi connectivity index (χ1) is 39.5. The van der Waals surface area contributed by atoms with E-state index in [0.29, 0.717) is 12.3 Å². The van der Waals surface area contributed by atoms with Gasteiger partial charge in [-0.2, -0.15) is 0 Å². The third-order valence-corrected chi connectivity index (χ3v) is 15.5. The molecule has 1 aliphatic rings. The average Bonchev–Trinajstić information content (AvgIpc) is 4.18. The Balaban J connectivity index is 1.01. The van der Waals surface area contributed by atoms with Crippen LogP contribution in [-0.2, 0) is 6.42 Å². The average molecular weight is 1030 g/mol. The highest BCUT2D eigenvalue weighted by Crippen LogP contribution is 2.41. The summed E-state index contributed by atoms with van der Waals surface area (Å²) in [6.07, 6.45) is 2.56. The predicted octanol–water partition coefficient (Wildman–Crippen LogP) is 19.1. The van der Waals surface area contributed by atoms with Gasteiger partial charge in [0.15, 0.2) is 5.84 Å². The summed E-state index contributed by atoms with van der Waals surface area (Å²) in [5.74, 6) is 1.37. The van der Waals surface area contributed by atoms with Gasteiger partial charge in [0.2, 0.25) is 0 Å². The molecule has 0 bridgehead atoms. The van der Waals surface area contributed by atoms with Crippen LogP contribution in [-0.4, -0.2) is 16.2 Å². The van der Waals surface area contributed by atoms with Crippen molar-refractivity contribution in [3.63, 3.8) is 0 Å². The van der Waals surface area contributed by atoms with Crippen LogP contribution in [0.2, 0.25) is 0 Å². The molecule has 1 aliphatic heterocycles. The highest BCUT2D eigenvalue weighted by atomic mass is 16.3. The van der Waals surface area contributed by atoms with E-state index in [1.54, 1.807) is 0 Å². The van der Waals surface area contributed by atoms with Gasteiger partial charge in [-0.3, -0.25) is 0 Å². The number of furan rings is 1. The minimum atomic E-state index is -0.399. The van der Waals surface area contributed by atoms with E-state index in [2.05, 4.69) is 284 Å². The number of nitrogens with one attached hydrogen (secondary N) is 1. The van der Waals surface area contributed by atoms with Gasteiger partial charge in [-0.05, 0) is 122 Å². The normalized spacial score (nSPS) is 14.0. The van der Waals surface area contributed by atoms with Gasteiger partial charge in [0.05, 0.1) is 11.0 Å². The van der Waals surface area contributed by atoms with Crippen LogP contribution in [0.3, 0.4) is 0 Å². The van der Waals surface area contributed by atoms with E-state index in [0.717, 1.165) is 77.9 Å². The Morgan fingerprint density at radius 1 is 0.438 bits per heavy atom. The number of amidine groups is 2. The van der Waals surface area contributed by atoms with Crippen LogP contribution in [0.4, 0.5) is 0 Å². The molecule has 0 radical (unpaired) electrons. The van der Waals surface area contributed by atoms with Crippen molar-refractivity contribution in [1.29, 1.82) is 0 Å². The Bertz CT molecular complexity index is 4440. The van der Waals surface area contributed by atoms with Crippen molar-refractivity contribution < 1.29 is 4.42 Å². The number of hydrogen-bond acceptors (Lipinski definition) is 4. The van der Waals surface area contributed by atoms with Crippen LogP contribution in [0, 0.1) is 0 Å². The second-order valence-corrected chi connectivity index (χ2v) is 20.6. The number of hydrogen-bond donors (Lipinski definition) is 1. The van der Waals surface area contributed by atoms with Gasteiger partial charge in [0.25, 0.3) is 0 Å². The zero-order valence-corrected chi connectivity index (χ0v) is 44.2. The predicted molar refractivity (Wildman–Crippen MR) is 335 cm³/mol. The molecule has 5 nitrogen and oxygen atoms in total. The smallest absolute Gasteiger partial charge is 0.159 e. The molecule has 13 aromatic rings. The zero-order valence-electron chi connectivity index (χ0n) is 44.2. The minimum absolute atomic E-state index is 0.399. The number of aromatic nitrogens is 1. The van der Waals surface area contributed by atoms with Crippen LogP contribution in [0.1, 0.15) is 35.3 Å². The molecule has 11 aromatic carbocycles. The molecular weight excluding hydrogens is 973 g/mol. The van der Waals surface area contributed by atoms with E-state index >= 15 is 0 Å².